The van der Waals surface area contributed by atoms with Gasteiger partial charge in [-0.3, -0.25) is 0 Å². The molecular weight excluding hydrogens is 444 g/mol. The number of halogens is 4. The molecule has 0 bridgehead atoms. The molecular formula is C9H6Br4O. The van der Waals surface area contributed by atoms with E-state index >= 15 is 0 Å². The highest BCUT2D eigenvalue weighted by atomic mass is 79.9. The van der Waals surface area contributed by atoms with Gasteiger partial charge < -0.3 is 4.74 Å². The first-order chi connectivity index (χ1) is 6.50. The van der Waals surface area contributed by atoms with Crippen LogP contribution in [0.5, 0.6) is 5.75 Å². The van der Waals surface area contributed by atoms with Crippen LogP contribution in [0.1, 0.15) is 0 Å². The molecule has 0 spiro atoms. The Hall–Kier alpha value is 0.680. The first-order valence-corrected chi connectivity index (χ1v) is 6.78. The minimum atomic E-state index is 0.443. The van der Waals surface area contributed by atoms with Gasteiger partial charge in [-0.05, 0) is 44.0 Å². The van der Waals surface area contributed by atoms with Crippen molar-refractivity contribution in [2.45, 2.75) is 0 Å². The standard InChI is InChI=1S/C9H6Br4O/c1-5(10)4-14-9-7(12)2-6(11)3-8(9)13/h2-3H,1,4H2. The van der Waals surface area contributed by atoms with Gasteiger partial charge in [0.2, 0.25) is 0 Å². The molecule has 0 heterocycles. The molecule has 1 rings (SSSR count). The number of benzene rings is 1. The molecule has 76 valence electrons. The van der Waals surface area contributed by atoms with Gasteiger partial charge in [-0.1, -0.05) is 38.4 Å². The fourth-order valence-electron chi connectivity index (χ4n) is 0.817. The monoisotopic (exact) mass is 446 g/mol. The average Bonchev–Trinajstić information content (AvgIpc) is 2.01. The van der Waals surface area contributed by atoms with E-state index in [9.17, 15) is 0 Å². The van der Waals surface area contributed by atoms with E-state index in [0.29, 0.717) is 6.61 Å². The molecule has 0 aromatic heterocycles. The van der Waals surface area contributed by atoms with E-state index in [0.717, 1.165) is 23.7 Å². The largest absolute Gasteiger partial charge is 0.486 e. The van der Waals surface area contributed by atoms with Gasteiger partial charge in [-0.15, -0.1) is 0 Å². The number of ether oxygens (including phenoxy) is 1. The second-order valence-corrected chi connectivity index (χ2v) is 6.25. The third kappa shape index (κ3) is 3.68. The molecule has 0 saturated carbocycles. The zero-order valence-corrected chi connectivity index (χ0v) is 13.3. The zero-order valence-electron chi connectivity index (χ0n) is 6.99. The Morgan fingerprint density at radius 1 is 1.21 bits per heavy atom. The predicted octanol–water partition coefficient (Wildman–Crippen LogP) is 5.26. The van der Waals surface area contributed by atoms with E-state index in [1.165, 1.54) is 0 Å². The third-order valence-corrected chi connectivity index (χ3v) is 3.20. The van der Waals surface area contributed by atoms with Crippen molar-refractivity contribution in [3.8, 4) is 5.75 Å². The summed E-state index contributed by atoms with van der Waals surface area (Å²) >= 11 is 13.5. The first kappa shape index (κ1) is 12.7. The van der Waals surface area contributed by atoms with Gasteiger partial charge in [0.1, 0.15) is 12.4 Å². The summed E-state index contributed by atoms with van der Waals surface area (Å²) in [5, 5.41) is 0. The molecule has 5 heteroatoms. The van der Waals surface area contributed by atoms with Crippen LogP contribution in [0.3, 0.4) is 0 Å². The second-order valence-electron chi connectivity index (χ2n) is 2.50. The smallest absolute Gasteiger partial charge is 0.148 e. The summed E-state index contributed by atoms with van der Waals surface area (Å²) in [6.07, 6.45) is 0. The van der Waals surface area contributed by atoms with Crippen LogP contribution in [-0.2, 0) is 0 Å². The molecule has 1 nitrogen and oxygen atoms in total. The molecule has 0 aliphatic carbocycles. The molecule has 0 saturated heterocycles. The maximum atomic E-state index is 5.52. The zero-order chi connectivity index (χ0) is 10.7. The lowest BCUT2D eigenvalue weighted by molar-refractivity contribution is 0.356. The summed E-state index contributed by atoms with van der Waals surface area (Å²) in [7, 11) is 0. The Kier molecular flexibility index (Phi) is 5.17. The van der Waals surface area contributed by atoms with Crippen molar-refractivity contribution in [3.05, 3.63) is 36.6 Å². The van der Waals surface area contributed by atoms with Crippen molar-refractivity contribution in [3.63, 3.8) is 0 Å². The van der Waals surface area contributed by atoms with Crippen molar-refractivity contribution in [2.75, 3.05) is 6.61 Å². The Balaban J connectivity index is 2.91. The fourth-order valence-corrected chi connectivity index (χ4v) is 3.42. The minimum absolute atomic E-state index is 0.443. The lowest BCUT2D eigenvalue weighted by Gasteiger charge is -2.09. The van der Waals surface area contributed by atoms with Crippen LogP contribution in [0, 0.1) is 0 Å². The quantitative estimate of drug-likeness (QED) is 0.611. The predicted molar refractivity (Wildman–Crippen MR) is 73.1 cm³/mol. The Morgan fingerprint density at radius 3 is 2.14 bits per heavy atom. The maximum absolute atomic E-state index is 5.52. The summed E-state index contributed by atoms with van der Waals surface area (Å²) in [5.74, 6) is 0.772. The lowest BCUT2D eigenvalue weighted by Crippen LogP contribution is -1.97. The van der Waals surface area contributed by atoms with Gasteiger partial charge in [0.25, 0.3) is 0 Å². The van der Waals surface area contributed by atoms with Gasteiger partial charge in [0.05, 0.1) is 8.95 Å². The summed E-state index contributed by atoms with van der Waals surface area (Å²) < 4.78 is 9.11. The molecule has 0 N–H and O–H groups in total. The van der Waals surface area contributed by atoms with Crippen LogP contribution in [0.15, 0.2) is 36.6 Å². The van der Waals surface area contributed by atoms with Gasteiger partial charge in [-0.2, -0.15) is 0 Å². The lowest BCUT2D eigenvalue weighted by atomic mass is 10.3. The van der Waals surface area contributed by atoms with E-state index in [1.54, 1.807) is 0 Å². The fraction of sp³-hybridized carbons (Fsp3) is 0.111. The summed E-state index contributed by atoms with van der Waals surface area (Å²) in [6.45, 7) is 4.14. The molecule has 0 amide bonds. The van der Waals surface area contributed by atoms with Crippen molar-refractivity contribution >= 4 is 63.7 Å². The van der Waals surface area contributed by atoms with Crippen molar-refractivity contribution in [2.24, 2.45) is 0 Å². The number of hydrogen-bond acceptors (Lipinski definition) is 1. The van der Waals surface area contributed by atoms with Crippen molar-refractivity contribution in [1.82, 2.24) is 0 Å². The Morgan fingerprint density at radius 2 is 1.71 bits per heavy atom. The van der Waals surface area contributed by atoms with Crippen molar-refractivity contribution < 1.29 is 4.74 Å². The van der Waals surface area contributed by atoms with E-state index in [4.69, 9.17) is 4.74 Å². The summed E-state index contributed by atoms with van der Waals surface area (Å²) in [4.78, 5) is 0. The second kappa shape index (κ2) is 5.68. The first-order valence-electron chi connectivity index (χ1n) is 3.61. The van der Waals surface area contributed by atoms with Gasteiger partial charge in [0.15, 0.2) is 0 Å². The van der Waals surface area contributed by atoms with Crippen LogP contribution in [0.25, 0.3) is 0 Å². The highest BCUT2D eigenvalue weighted by Gasteiger charge is 2.07. The Labute approximate surface area is 116 Å². The van der Waals surface area contributed by atoms with Crippen LogP contribution in [0.2, 0.25) is 0 Å². The normalized spacial score (nSPS) is 10.0. The molecule has 0 aliphatic rings. The summed E-state index contributed by atoms with van der Waals surface area (Å²) in [6, 6.07) is 3.86. The number of hydrogen-bond donors (Lipinski definition) is 0. The summed E-state index contributed by atoms with van der Waals surface area (Å²) in [5.41, 5.74) is 0. The molecule has 0 atom stereocenters. The molecule has 14 heavy (non-hydrogen) atoms. The third-order valence-electron chi connectivity index (χ3n) is 1.34. The molecule has 0 radical (unpaired) electrons. The van der Waals surface area contributed by atoms with Crippen molar-refractivity contribution in [1.29, 1.82) is 0 Å². The highest BCUT2D eigenvalue weighted by molar-refractivity contribution is 9.12. The molecule has 0 aliphatic heterocycles. The molecule has 0 fully saturated rings. The maximum Gasteiger partial charge on any atom is 0.148 e. The Bertz CT molecular complexity index is 339. The van der Waals surface area contributed by atoms with Gasteiger partial charge in [0, 0.05) is 8.96 Å². The number of rotatable bonds is 3. The van der Waals surface area contributed by atoms with E-state index < -0.39 is 0 Å². The molecule has 1 aromatic rings. The SMILES string of the molecule is C=C(Br)COc1c(Br)cc(Br)cc1Br. The average molecular weight is 450 g/mol. The van der Waals surface area contributed by atoms with Gasteiger partial charge in [-0.25, -0.2) is 0 Å². The highest BCUT2D eigenvalue weighted by Crippen LogP contribution is 2.36. The van der Waals surface area contributed by atoms with Crippen LogP contribution < -0.4 is 4.74 Å². The van der Waals surface area contributed by atoms with Gasteiger partial charge >= 0.3 is 0 Å². The van der Waals surface area contributed by atoms with Crippen LogP contribution in [0.4, 0.5) is 0 Å². The topological polar surface area (TPSA) is 9.23 Å². The van der Waals surface area contributed by atoms with E-state index in [2.05, 4.69) is 70.3 Å². The molecule has 0 unspecified atom stereocenters. The van der Waals surface area contributed by atoms with E-state index in [1.807, 2.05) is 12.1 Å². The molecule has 1 aromatic carbocycles. The minimum Gasteiger partial charge on any atom is -0.486 e. The van der Waals surface area contributed by atoms with E-state index in [-0.39, 0.29) is 0 Å². The van der Waals surface area contributed by atoms with Crippen LogP contribution >= 0.6 is 63.7 Å². The van der Waals surface area contributed by atoms with Crippen LogP contribution in [-0.4, -0.2) is 6.61 Å².